The van der Waals surface area contributed by atoms with Crippen LogP contribution in [0.25, 0.3) is 17.0 Å². The summed E-state index contributed by atoms with van der Waals surface area (Å²) in [5.41, 5.74) is 2.10. The SMILES string of the molecule is O=C1CN(C(=O)C=Cc2cc3ccccc3o2)c2ccccc2N1. The summed E-state index contributed by atoms with van der Waals surface area (Å²) in [5.74, 6) is 0.122. The Labute approximate surface area is 138 Å². The second-order valence-electron chi connectivity index (χ2n) is 5.51. The van der Waals surface area contributed by atoms with Crippen LogP contribution >= 0.6 is 0 Å². The van der Waals surface area contributed by atoms with E-state index < -0.39 is 0 Å². The highest BCUT2D eigenvalue weighted by atomic mass is 16.3. The maximum absolute atomic E-state index is 12.5. The Morgan fingerprint density at radius 3 is 2.79 bits per heavy atom. The van der Waals surface area contributed by atoms with Crippen LogP contribution in [0, 0.1) is 0 Å². The molecule has 24 heavy (non-hydrogen) atoms. The molecule has 5 heteroatoms. The van der Waals surface area contributed by atoms with Crippen molar-refractivity contribution in [3.05, 3.63) is 66.4 Å². The van der Waals surface area contributed by atoms with Crippen molar-refractivity contribution in [3.63, 3.8) is 0 Å². The number of nitrogens with zero attached hydrogens (tertiary/aromatic N) is 1. The summed E-state index contributed by atoms with van der Waals surface area (Å²) in [4.78, 5) is 25.7. The molecule has 0 fully saturated rings. The second kappa shape index (κ2) is 5.70. The summed E-state index contributed by atoms with van der Waals surface area (Å²) in [6.07, 6.45) is 3.05. The average molecular weight is 318 g/mol. The molecule has 1 N–H and O–H groups in total. The first-order valence-corrected chi connectivity index (χ1v) is 7.58. The molecular formula is C19H14N2O3. The first-order chi connectivity index (χ1) is 11.7. The van der Waals surface area contributed by atoms with Gasteiger partial charge in [0.1, 0.15) is 17.9 Å². The summed E-state index contributed by atoms with van der Waals surface area (Å²) in [7, 11) is 0. The summed E-state index contributed by atoms with van der Waals surface area (Å²) >= 11 is 0. The van der Waals surface area contributed by atoms with Crippen molar-refractivity contribution in [3.8, 4) is 0 Å². The molecule has 1 aliphatic heterocycles. The van der Waals surface area contributed by atoms with Gasteiger partial charge >= 0.3 is 0 Å². The number of carbonyl (C=O) groups excluding carboxylic acids is 2. The topological polar surface area (TPSA) is 62.6 Å². The summed E-state index contributed by atoms with van der Waals surface area (Å²) in [5, 5.41) is 3.74. The van der Waals surface area contributed by atoms with Gasteiger partial charge in [-0.05, 0) is 30.3 Å². The molecule has 0 spiro atoms. The lowest BCUT2D eigenvalue weighted by Crippen LogP contribution is -2.41. The molecule has 118 valence electrons. The number of anilines is 2. The van der Waals surface area contributed by atoms with Crippen LogP contribution in [0.1, 0.15) is 5.76 Å². The van der Waals surface area contributed by atoms with Crippen molar-refractivity contribution in [2.24, 2.45) is 0 Å². The number of para-hydroxylation sites is 3. The zero-order valence-corrected chi connectivity index (χ0v) is 12.7. The highest BCUT2D eigenvalue weighted by molar-refractivity contribution is 6.13. The largest absolute Gasteiger partial charge is 0.457 e. The highest BCUT2D eigenvalue weighted by Crippen LogP contribution is 2.29. The monoisotopic (exact) mass is 318 g/mol. The van der Waals surface area contributed by atoms with E-state index in [9.17, 15) is 9.59 Å². The highest BCUT2D eigenvalue weighted by Gasteiger charge is 2.25. The van der Waals surface area contributed by atoms with E-state index in [0.29, 0.717) is 17.1 Å². The molecule has 0 radical (unpaired) electrons. The predicted octanol–water partition coefficient (Wildman–Crippen LogP) is 3.43. The van der Waals surface area contributed by atoms with E-state index in [-0.39, 0.29) is 18.4 Å². The van der Waals surface area contributed by atoms with Crippen LogP contribution in [-0.4, -0.2) is 18.4 Å². The quantitative estimate of drug-likeness (QED) is 0.736. The number of furan rings is 1. The molecule has 2 heterocycles. The minimum absolute atomic E-state index is 0.000314. The fourth-order valence-corrected chi connectivity index (χ4v) is 2.76. The van der Waals surface area contributed by atoms with Gasteiger partial charge in [-0.2, -0.15) is 0 Å². The van der Waals surface area contributed by atoms with E-state index in [1.807, 2.05) is 48.5 Å². The predicted molar refractivity (Wildman–Crippen MR) is 92.7 cm³/mol. The molecule has 2 amide bonds. The lowest BCUT2D eigenvalue weighted by Gasteiger charge is -2.28. The Morgan fingerprint density at radius 2 is 1.92 bits per heavy atom. The maximum Gasteiger partial charge on any atom is 0.251 e. The van der Waals surface area contributed by atoms with Crippen LogP contribution in [-0.2, 0) is 9.59 Å². The smallest absolute Gasteiger partial charge is 0.251 e. The molecule has 0 bridgehead atoms. The van der Waals surface area contributed by atoms with Gasteiger partial charge in [-0.1, -0.05) is 30.3 Å². The minimum Gasteiger partial charge on any atom is -0.457 e. The van der Waals surface area contributed by atoms with Crippen LogP contribution in [0.2, 0.25) is 0 Å². The summed E-state index contributed by atoms with van der Waals surface area (Å²) in [6, 6.07) is 16.8. The number of hydrogen-bond acceptors (Lipinski definition) is 3. The zero-order chi connectivity index (χ0) is 16.5. The molecule has 1 aliphatic rings. The molecule has 0 saturated heterocycles. The van der Waals surface area contributed by atoms with Crippen molar-refractivity contribution < 1.29 is 14.0 Å². The van der Waals surface area contributed by atoms with Crippen molar-refractivity contribution in [2.45, 2.75) is 0 Å². The second-order valence-corrected chi connectivity index (χ2v) is 5.51. The number of benzene rings is 2. The van der Waals surface area contributed by atoms with E-state index >= 15 is 0 Å². The fraction of sp³-hybridized carbons (Fsp3) is 0.0526. The molecule has 1 aromatic heterocycles. The third kappa shape index (κ3) is 2.56. The Morgan fingerprint density at radius 1 is 1.12 bits per heavy atom. The number of fused-ring (bicyclic) bond motifs is 2. The number of nitrogens with one attached hydrogen (secondary N) is 1. The minimum atomic E-state index is -0.266. The van der Waals surface area contributed by atoms with Gasteiger partial charge < -0.3 is 9.73 Å². The molecular weight excluding hydrogens is 304 g/mol. The molecule has 5 nitrogen and oxygen atoms in total. The van der Waals surface area contributed by atoms with Gasteiger partial charge in [0.25, 0.3) is 5.91 Å². The fourth-order valence-electron chi connectivity index (χ4n) is 2.76. The van der Waals surface area contributed by atoms with Crippen LogP contribution in [0.5, 0.6) is 0 Å². The van der Waals surface area contributed by atoms with Gasteiger partial charge in [0.2, 0.25) is 5.91 Å². The van der Waals surface area contributed by atoms with Gasteiger partial charge in [0, 0.05) is 11.5 Å². The van der Waals surface area contributed by atoms with Crippen LogP contribution in [0.15, 0.2) is 65.1 Å². The van der Waals surface area contributed by atoms with Crippen molar-refractivity contribution in [2.75, 3.05) is 16.8 Å². The van der Waals surface area contributed by atoms with Gasteiger partial charge in [-0.15, -0.1) is 0 Å². The number of amides is 2. The maximum atomic E-state index is 12.5. The van der Waals surface area contributed by atoms with E-state index in [0.717, 1.165) is 11.0 Å². The normalized spacial score (nSPS) is 14.0. The van der Waals surface area contributed by atoms with E-state index in [2.05, 4.69) is 5.32 Å². The number of rotatable bonds is 2. The lowest BCUT2D eigenvalue weighted by molar-refractivity contribution is -0.119. The van der Waals surface area contributed by atoms with Gasteiger partial charge in [0.05, 0.1) is 11.4 Å². The van der Waals surface area contributed by atoms with E-state index in [1.54, 1.807) is 12.1 Å². The molecule has 3 aromatic rings. The van der Waals surface area contributed by atoms with Crippen molar-refractivity contribution in [1.29, 1.82) is 0 Å². The molecule has 0 saturated carbocycles. The zero-order valence-electron chi connectivity index (χ0n) is 12.7. The van der Waals surface area contributed by atoms with Gasteiger partial charge in [0.15, 0.2) is 0 Å². The summed E-state index contributed by atoms with van der Waals surface area (Å²) < 4.78 is 5.66. The third-order valence-electron chi connectivity index (χ3n) is 3.87. The first kappa shape index (κ1) is 14.3. The number of carbonyl (C=O) groups is 2. The summed E-state index contributed by atoms with van der Waals surface area (Å²) in [6.45, 7) is 0.000314. The Kier molecular flexibility index (Phi) is 3.39. The Bertz CT molecular complexity index is 938. The van der Waals surface area contributed by atoms with Crippen molar-refractivity contribution in [1.82, 2.24) is 0 Å². The van der Waals surface area contributed by atoms with Gasteiger partial charge in [-0.3, -0.25) is 14.5 Å². The van der Waals surface area contributed by atoms with Crippen molar-refractivity contribution >= 4 is 40.2 Å². The Balaban J connectivity index is 1.61. The number of hydrogen-bond donors (Lipinski definition) is 1. The van der Waals surface area contributed by atoms with Gasteiger partial charge in [-0.25, -0.2) is 0 Å². The molecule has 0 unspecified atom stereocenters. The lowest BCUT2D eigenvalue weighted by atomic mass is 10.2. The van der Waals surface area contributed by atoms with E-state index in [4.69, 9.17) is 4.42 Å². The molecule has 2 aromatic carbocycles. The molecule has 0 atom stereocenters. The van der Waals surface area contributed by atoms with E-state index in [1.165, 1.54) is 11.0 Å². The van der Waals surface area contributed by atoms with Crippen LogP contribution in [0.4, 0.5) is 11.4 Å². The molecule has 4 rings (SSSR count). The van der Waals surface area contributed by atoms with Crippen LogP contribution < -0.4 is 10.2 Å². The van der Waals surface area contributed by atoms with Crippen LogP contribution in [0.3, 0.4) is 0 Å². The third-order valence-corrected chi connectivity index (χ3v) is 3.87. The standard InChI is InChI=1S/C19H14N2O3/c22-18-12-21(16-7-3-2-6-15(16)20-18)19(23)10-9-14-11-13-5-1-4-8-17(13)24-14/h1-11H,12H2,(H,20,22). The molecule has 0 aliphatic carbocycles. The Hall–Kier alpha value is -3.34. The first-order valence-electron chi connectivity index (χ1n) is 7.58. The average Bonchev–Trinajstić information content (AvgIpc) is 3.02.